The number of rotatable bonds is 6. The van der Waals surface area contributed by atoms with E-state index in [4.69, 9.17) is 4.74 Å². The van der Waals surface area contributed by atoms with E-state index in [1.165, 1.54) is 27.8 Å². The maximum absolute atomic E-state index is 13.0. The van der Waals surface area contributed by atoms with Crippen molar-refractivity contribution < 1.29 is 9.53 Å². The molecular weight excluding hydrogens is 348 g/mol. The Labute approximate surface area is 156 Å². The molecule has 0 aliphatic rings. The van der Waals surface area contributed by atoms with Crippen molar-refractivity contribution in [2.24, 2.45) is 0 Å². The Balaban J connectivity index is 2.05. The van der Waals surface area contributed by atoms with Crippen LogP contribution < -0.4 is 5.56 Å². The molecule has 0 radical (unpaired) electrons. The minimum absolute atomic E-state index is 0.216. The first-order valence-electron chi connectivity index (χ1n) is 8.81. The Bertz CT molecular complexity index is 973. The van der Waals surface area contributed by atoms with Crippen molar-refractivity contribution >= 4 is 27.5 Å². The lowest BCUT2D eigenvalue weighted by Crippen LogP contribution is -2.29. The first kappa shape index (κ1) is 18.3. The van der Waals surface area contributed by atoms with Crippen LogP contribution in [0.25, 0.3) is 21.3 Å². The maximum atomic E-state index is 13.0. The highest BCUT2D eigenvalue weighted by Gasteiger charge is 2.21. The second-order valence-electron chi connectivity index (χ2n) is 6.18. The number of ether oxygens (including phenoxy) is 1. The average molecular weight is 370 g/mol. The molecule has 26 heavy (non-hydrogen) atoms. The van der Waals surface area contributed by atoms with Gasteiger partial charge in [-0.25, -0.2) is 9.78 Å². The maximum Gasteiger partial charge on any atom is 0.328 e. The molecule has 0 N–H and O–H groups in total. The van der Waals surface area contributed by atoms with Crippen molar-refractivity contribution in [2.45, 2.75) is 39.7 Å². The quantitative estimate of drug-likeness (QED) is 0.610. The van der Waals surface area contributed by atoms with Gasteiger partial charge in [0, 0.05) is 10.9 Å². The summed E-state index contributed by atoms with van der Waals surface area (Å²) in [5, 5.41) is 2.50. The lowest BCUT2D eigenvalue weighted by molar-refractivity contribution is -0.147. The molecule has 0 saturated carbocycles. The van der Waals surface area contributed by atoms with Gasteiger partial charge in [-0.15, -0.1) is 11.3 Å². The van der Waals surface area contributed by atoms with Crippen molar-refractivity contribution in [2.75, 3.05) is 6.61 Å². The molecule has 1 atom stereocenters. The molecule has 0 bridgehead atoms. The molecule has 2 aromatic heterocycles. The van der Waals surface area contributed by atoms with Gasteiger partial charge in [-0.3, -0.25) is 9.36 Å². The highest BCUT2D eigenvalue weighted by molar-refractivity contribution is 7.17. The topological polar surface area (TPSA) is 61.2 Å². The van der Waals surface area contributed by atoms with E-state index in [1.807, 2.05) is 24.4 Å². The minimum atomic E-state index is -0.707. The molecule has 3 rings (SSSR count). The first-order chi connectivity index (χ1) is 12.6. The molecule has 0 aliphatic carbocycles. The Morgan fingerprint density at radius 3 is 2.65 bits per heavy atom. The number of thiophene rings is 1. The third kappa shape index (κ3) is 3.42. The van der Waals surface area contributed by atoms with Gasteiger partial charge in [-0.05, 0) is 30.9 Å². The second-order valence-corrected chi connectivity index (χ2v) is 7.04. The predicted octanol–water partition coefficient (Wildman–Crippen LogP) is 4.20. The van der Waals surface area contributed by atoms with Gasteiger partial charge in [0.25, 0.3) is 5.56 Å². The molecule has 0 aliphatic heterocycles. The largest absolute Gasteiger partial charge is 0.464 e. The van der Waals surface area contributed by atoms with Crippen molar-refractivity contribution in [1.82, 2.24) is 9.55 Å². The third-order valence-electron chi connectivity index (χ3n) is 4.40. The molecule has 3 aromatic rings. The van der Waals surface area contributed by atoms with Crippen LogP contribution in [0.3, 0.4) is 0 Å². The number of esters is 1. The van der Waals surface area contributed by atoms with E-state index in [9.17, 15) is 9.59 Å². The van der Waals surface area contributed by atoms with Gasteiger partial charge in [-0.1, -0.05) is 38.1 Å². The number of benzene rings is 1. The van der Waals surface area contributed by atoms with Crippen LogP contribution in [-0.2, 0) is 16.0 Å². The van der Waals surface area contributed by atoms with E-state index in [0.717, 1.165) is 24.0 Å². The molecule has 2 heterocycles. The van der Waals surface area contributed by atoms with E-state index in [-0.39, 0.29) is 5.56 Å². The van der Waals surface area contributed by atoms with Crippen LogP contribution in [-0.4, -0.2) is 22.1 Å². The number of nitrogens with zero attached hydrogens (tertiary/aromatic N) is 2. The fourth-order valence-electron chi connectivity index (χ4n) is 2.79. The number of hydrogen-bond donors (Lipinski definition) is 0. The van der Waals surface area contributed by atoms with E-state index >= 15 is 0 Å². The van der Waals surface area contributed by atoms with Gasteiger partial charge >= 0.3 is 5.97 Å². The van der Waals surface area contributed by atoms with Crippen LogP contribution in [0.1, 0.15) is 38.8 Å². The third-order valence-corrected chi connectivity index (χ3v) is 5.29. The zero-order valence-corrected chi connectivity index (χ0v) is 16.0. The zero-order chi connectivity index (χ0) is 18.7. The molecule has 136 valence electrons. The van der Waals surface area contributed by atoms with Gasteiger partial charge in [0.15, 0.2) is 0 Å². The first-order valence-corrected chi connectivity index (χ1v) is 9.69. The van der Waals surface area contributed by atoms with Crippen LogP contribution >= 0.6 is 11.3 Å². The molecule has 1 aromatic carbocycles. The molecule has 0 fully saturated rings. The summed E-state index contributed by atoms with van der Waals surface area (Å²) in [6.45, 7) is 6.05. The standard InChI is InChI=1S/C20H22N2O3S/c1-4-10-25-20(24)13(3)22-12-21-18-17(19(22)23)16(11-26-18)15-8-6-14(5-2)7-9-15/h6-9,11-13H,4-5,10H2,1-3H3. The van der Waals surface area contributed by atoms with Crippen molar-refractivity contribution in [1.29, 1.82) is 0 Å². The molecule has 0 amide bonds. The normalized spacial score (nSPS) is 12.3. The summed E-state index contributed by atoms with van der Waals surface area (Å²) < 4.78 is 6.53. The molecule has 1 unspecified atom stereocenters. The lowest BCUT2D eigenvalue weighted by atomic mass is 10.0. The summed E-state index contributed by atoms with van der Waals surface area (Å²) in [6.07, 6.45) is 3.15. The highest BCUT2D eigenvalue weighted by Crippen LogP contribution is 2.31. The molecule has 5 nitrogen and oxygen atoms in total. The average Bonchev–Trinajstić information content (AvgIpc) is 3.11. The second kappa shape index (κ2) is 7.83. The Morgan fingerprint density at radius 1 is 1.27 bits per heavy atom. The van der Waals surface area contributed by atoms with Gasteiger partial charge in [-0.2, -0.15) is 0 Å². The summed E-state index contributed by atoms with van der Waals surface area (Å²) in [4.78, 5) is 30.3. The number of carbonyl (C=O) groups is 1. The number of fused-ring (bicyclic) bond motifs is 1. The summed E-state index contributed by atoms with van der Waals surface area (Å²) in [5.41, 5.74) is 2.86. The Morgan fingerprint density at radius 2 is 2.00 bits per heavy atom. The fraction of sp³-hybridized carbons (Fsp3) is 0.350. The SMILES string of the molecule is CCCOC(=O)C(C)n1cnc2scc(-c3ccc(CC)cc3)c2c1=O. The molecule has 0 saturated heterocycles. The predicted molar refractivity (Wildman–Crippen MR) is 105 cm³/mol. The number of carbonyl (C=O) groups excluding carboxylic acids is 1. The lowest BCUT2D eigenvalue weighted by Gasteiger charge is -2.14. The number of aromatic nitrogens is 2. The monoisotopic (exact) mass is 370 g/mol. The summed E-state index contributed by atoms with van der Waals surface area (Å²) in [6, 6.07) is 7.48. The van der Waals surface area contributed by atoms with Crippen molar-refractivity contribution in [3.05, 3.63) is 51.9 Å². The van der Waals surface area contributed by atoms with Crippen molar-refractivity contribution in [3.8, 4) is 11.1 Å². The highest BCUT2D eigenvalue weighted by atomic mass is 32.1. The van der Waals surface area contributed by atoms with Crippen LogP contribution in [0.5, 0.6) is 0 Å². The summed E-state index contributed by atoms with van der Waals surface area (Å²) in [5.74, 6) is -0.417. The minimum Gasteiger partial charge on any atom is -0.464 e. The fourth-order valence-corrected chi connectivity index (χ4v) is 3.70. The van der Waals surface area contributed by atoms with E-state index in [1.54, 1.807) is 6.92 Å². The summed E-state index contributed by atoms with van der Waals surface area (Å²) in [7, 11) is 0. The molecule has 6 heteroatoms. The van der Waals surface area contributed by atoms with Crippen LogP contribution in [0, 0.1) is 0 Å². The van der Waals surface area contributed by atoms with E-state index < -0.39 is 12.0 Å². The molecule has 0 spiro atoms. The van der Waals surface area contributed by atoms with E-state index in [2.05, 4.69) is 24.0 Å². The number of hydrogen-bond acceptors (Lipinski definition) is 5. The molecular formula is C20H22N2O3S. The van der Waals surface area contributed by atoms with Crippen LogP contribution in [0.4, 0.5) is 0 Å². The smallest absolute Gasteiger partial charge is 0.328 e. The van der Waals surface area contributed by atoms with Crippen LogP contribution in [0.2, 0.25) is 0 Å². The van der Waals surface area contributed by atoms with Gasteiger partial charge in [0.2, 0.25) is 0 Å². The Hall–Kier alpha value is -2.47. The van der Waals surface area contributed by atoms with Gasteiger partial charge in [0.1, 0.15) is 10.9 Å². The van der Waals surface area contributed by atoms with Crippen LogP contribution in [0.15, 0.2) is 40.8 Å². The van der Waals surface area contributed by atoms with E-state index in [0.29, 0.717) is 16.8 Å². The van der Waals surface area contributed by atoms with Gasteiger partial charge in [0.05, 0.1) is 18.3 Å². The summed E-state index contributed by atoms with van der Waals surface area (Å²) >= 11 is 1.43. The zero-order valence-electron chi connectivity index (χ0n) is 15.2. The van der Waals surface area contributed by atoms with Crippen molar-refractivity contribution in [3.63, 3.8) is 0 Å². The Kier molecular flexibility index (Phi) is 5.52. The van der Waals surface area contributed by atoms with Gasteiger partial charge < -0.3 is 4.74 Å². The number of aryl methyl sites for hydroxylation is 1.